The SMILES string of the molecule is N#C/C(=C\c1cn(-c2ccccc2)nc1-c1cccc(S(=O)(=O)N2CCCCC2)c1)c1nc2ccccc2c(=O)[nH]1. The summed E-state index contributed by atoms with van der Waals surface area (Å²) in [5, 5.41) is 15.3. The van der Waals surface area contributed by atoms with E-state index in [1.54, 1.807) is 65.5 Å². The van der Waals surface area contributed by atoms with Crippen LogP contribution in [0.5, 0.6) is 0 Å². The van der Waals surface area contributed by atoms with Crippen molar-refractivity contribution in [1.82, 2.24) is 24.1 Å². The second-order valence-corrected chi connectivity index (χ2v) is 11.7. The third kappa shape index (κ3) is 5.20. The molecular formula is C31H26N6O3S. The van der Waals surface area contributed by atoms with Crippen LogP contribution in [0, 0.1) is 11.3 Å². The Hall–Kier alpha value is -4.85. The number of hydrogen-bond acceptors (Lipinski definition) is 6. The minimum atomic E-state index is -3.67. The number of H-pyrrole nitrogens is 1. The molecule has 0 unspecified atom stereocenters. The number of benzene rings is 3. The fourth-order valence-electron chi connectivity index (χ4n) is 5.01. The smallest absolute Gasteiger partial charge is 0.259 e. The summed E-state index contributed by atoms with van der Waals surface area (Å²) < 4.78 is 30.1. The number of hydrogen-bond donors (Lipinski definition) is 1. The Morgan fingerprint density at radius 2 is 1.71 bits per heavy atom. The summed E-state index contributed by atoms with van der Waals surface area (Å²) in [6.45, 7) is 1.01. The highest BCUT2D eigenvalue weighted by Gasteiger charge is 2.26. The molecule has 204 valence electrons. The van der Waals surface area contributed by atoms with Gasteiger partial charge in [-0.15, -0.1) is 0 Å². The average molecular weight is 563 g/mol. The summed E-state index contributed by atoms with van der Waals surface area (Å²) in [5.41, 5.74) is 2.70. The molecule has 0 spiro atoms. The number of nitrogens with one attached hydrogen (secondary N) is 1. The van der Waals surface area contributed by atoms with Crippen molar-refractivity contribution in [3.05, 3.63) is 107 Å². The zero-order chi connectivity index (χ0) is 28.4. The third-order valence-electron chi connectivity index (χ3n) is 7.11. The number of nitrogens with zero attached hydrogens (tertiary/aromatic N) is 5. The molecule has 0 aliphatic carbocycles. The zero-order valence-corrected chi connectivity index (χ0v) is 22.9. The summed E-state index contributed by atoms with van der Waals surface area (Å²) >= 11 is 0. The van der Waals surface area contributed by atoms with E-state index >= 15 is 0 Å². The maximum atomic E-state index is 13.4. The lowest BCUT2D eigenvalue weighted by Gasteiger charge is -2.26. The number of para-hydroxylation sites is 2. The van der Waals surface area contributed by atoms with Gasteiger partial charge in [-0.25, -0.2) is 18.1 Å². The van der Waals surface area contributed by atoms with E-state index < -0.39 is 10.0 Å². The molecule has 1 fully saturated rings. The highest BCUT2D eigenvalue weighted by Crippen LogP contribution is 2.30. The lowest BCUT2D eigenvalue weighted by molar-refractivity contribution is 0.346. The minimum Gasteiger partial charge on any atom is -0.305 e. The molecule has 0 amide bonds. The first-order chi connectivity index (χ1) is 19.9. The van der Waals surface area contributed by atoms with Gasteiger partial charge in [0.15, 0.2) is 5.82 Å². The van der Waals surface area contributed by atoms with E-state index in [1.165, 1.54) is 4.31 Å². The first kappa shape index (κ1) is 26.4. The van der Waals surface area contributed by atoms with Gasteiger partial charge in [-0.3, -0.25) is 4.79 Å². The fraction of sp³-hybridized carbons (Fsp3) is 0.161. The average Bonchev–Trinajstić information content (AvgIpc) is 3.45. The molecule has 0 bridgehead atoms. The van der Waals surface area contributed by atoms with Crippen molar-refractivity contribution in [1.29, 1.82) is 5.26 Å². The molecule has 1 saturated heterocycles. The van der Waals surface area contributed by atoms with Crippen molar-refractivity contribution in [2.45, 2.75) is 24.2 Å². The number of piperidine rings is 1. The molecule has 3 heterocycles. The number of aromatic nitrogens is 4. The largest absolute Gasteiger partial charge is 0.305 e. The van der Waals surface area contributed by atoms with E-state index in [2.05, 4.69) is 16.0 Å². The number of allylic oxidation sites excluding steroid dienone is 1. The van der Waals surface area contributed by atoms with Crippen LogP contribution in [0.4, 0.5) is 0 Å². The van der Waals surface area contributed by atoms with Crippen LogP contribution < -0.4 is 5.56 Å². The van der Waals surface area contributed by atoms with E-state index in [0.717, 1.165) is 24.9 Å². The van der Waals surface area contributed by atoms with Gasteiger partial charge in [0.25, 0.3) is 5.56 Å². The summed E-state index contributed by atoms with van der Waals surface area (Å²) in [6.07, 6.45) is 6.10. The highest BCUT2D eigenvalue weighted by molar-refractivity contribution is 7.89. The Labute approximate surface area is 237 Å². The monoisotopic (exact) mass is 562 g/mol. The van der Waals surface area contributed by atoms with E-state index in [4.69, 9.17) is 5.10 Å². The second kappa shape index (κ2) is 11.0. The van der Waals surface area contributed by atoms with Gasteiger partial charge in [0.2, 0.25) is 10.0 Å². The molecule has 10 heteroatoms. The van der Waals surface area contributed by atoms with Crippen LogP contribution in [0.15, 0.2) is 94.7 Å². The molecule has 5 aromatic rings. The minimum absolute atomic E-state index is 0.135. The van der Waals surface area contributed by atoms with Gasteiger partial charge in [0, 0.05) is 30.4 Å². The van der Waals surface area contributed by atoms with Crippen LogP contribution in [0.1, 0.15) is 30.7 Å². The summed E-state index contributed by atoms with van der Waals surface area (Å²) in [5.74, 6) is 0.135. The lowest BCUT2D eigenvalue weighted by Crippen LogP contribution is -2.35. The Balaban J connectivity index is 1.49. The highest BCUT2D eigenvalue weighted by atomic mass is 32.2. The molecule has 0 radical (unpaired) electrons. The van der Waals surface area contributed by atoms with Crippen LogP contribution in [-0.2, 0) is 10.0 Å². The van der Waals surface area contributed by atoms with Crippen molar-refractivity contribution >= 4 is 32.6 Å². The van der Waals surface area contributed by atoms with Crippen LogP contribution in [-0.4, -0.2) is 45.6 Å². The van der Waals surface area contributed by atoms with Gasteiger partial charge >= 0.3 is 0 Å². The summed E-state index contributed by atoms with van der Waals surface area (Å²) in [6, 6.07) is 25.3. The van der Waals surface area contributed by atoms with Gasteiger partial charge in [0.1, 0.15) is 11.8 Å². The van der Waals surface area contributed by atoms with Crippen molar-refractivity contribution in [2.24, 2.45) is 0 Å². The number of aromatic amines is 1. The standard InChI is InChI=1S/C31H26N6O3S/c32-20-23(30-33-28-15-6-5-14-27(28)31(38)34-30)18-24-21-37(25-11-3-1-4-12-25)35-29(24)22-10-9-13-26(19-22)41(39,40)36-16-7-2-8-17-36/h1,3-6,9-15,18-19,21H,2,7-8,16-17H2,(H,33,34,38)/b23-18+. The molecule has 0 atom stereocenters. The molecule has 9 nitrogen and oxygen atoms in total. The number of fused-ring (bicyclic) bond motifs is 1. The normalized spacial score (nSPS) is 14.7. The number of nitriles is 1. The summed E-state index contributed by atoms with van der Waals surface area (Å²) in [4.78, 5) is 20.1. The molecule has 1 N–H and O–H groups in total. The van der Waals surface area contributed by atoms with E-state index in [-0.39, 0.29) is 21.9 Å². The Morgan fingerprint density at radius 3 is 2.49 bits per heavy atom. The van der Waals surface area contributed by atoms with Gasteiger partial charge in [-0.1, -0.05) is 48.9 Å². The van der Waals surface area contributed by atoms with Gasteiger partial charge in [-0.2, -0.15) is 14.7 Å². The van der Waals surface area contributed by atoms with E-state index in [0.29, 0.717) is 40.8 Å². The second-order valence-electron chi connectivity index (χ2n) is 9.81. The molecule has 0 saturated carbocycles. The Bertz CT molecular complexity index is 1980. The van der Waals surface area contributed by atoms with Gasteiger partial charge in [0.05, 0.1) is 27.1 Å². The molecule has 41 heavy (non-hydrogen) atoms. The molecule has 3 aromatic carbocycles. The van der Waals surface area contributed by atoms with Crippen molar-refractivity contribution < 1.29 is 8.42 Å². The maximum absolute atomic E-state index is 13.4. The first-order valence-electron chi connectivity index (χ1n) is 13.3. The van der Waals surface area contributed by atoms with Crippen molar-refractivity contribution in [3.8, 4) is 23.0 Å². The molecular weight excluding hydrogens is 536 g/mol. The zero-order valence-electron chi connectivity index (χ0n) is 22.1. The quantitative estimate of drug-likeness (QED) is 0.290. The van der Waals surface area contributed by atoms with Gasteiger partial charge in [-0.05, 0) is 55.3 Å². The Morgan fingerprint density at radius 1 is 0.951 bits per heavy atom. The predicted octanol–water partition coefficient (Wildman–Crippen LogP) is 5.01. The van der Waals surface area contributed by atoms with E-state index in [9.17, 15) is 18.5 Å². The summed E-state index contributed by atoms with van der Waals surface area (Å²) in [7, 11) is -3.67. The molecule has 1 aliphatic rings. The van der Waals surface area contributed by atoms with Gasteiger partial charge < -0.3 is 4.98 Å². The first-order valence-corrected chi connectivity index (χ1v) is 14.7. The molecule has 6 rings (SSSR count). The third-order valence-corrected chi connectivity index (χ3v) is 9.01. The van der Waals surface area contributed by atoms with Crippen LogP contribution in [0.2, 0.25) is 0 Å². The van der Waals surface area contributed by atoms with Crippen molar-refractivity contribution in [3.63, 3.8) is 0 Å². The number of sulfonamides is 1. The maximum Gasteiger partial charge on any atom is 0.259 e. The van der Waals surface area contributed by atoms with Crippen LogP contribution in [0.25, 0.3) is 39.5 Å². The topological polar surface area (TPSA) is 125 Å². The lowest BCUT2D eigenvalue weighted by atomic mass is 10.1. The number of rotatable bonds is 6. The molecule has 2 aromatic heterocycles. The van der Waals surface area contributed by atoms with Crippen LogP contribution in [0.3, 0.4) is 0 Å². The predicted molar refractivity (Wildman–Crippen MR) is 157 cm³/mol. The Kier molecular flexibility index (Phi) is 7.05. The van der Waals surface area contributed by atoms with Crippen LogP contribution >= 0.6 is 0 Å². The van der Waals surface area contributed by atoms with Crippen molar-refractivity contribution in [2.75, 3.05) is 13.1 Å². The fourth-order valence-corrected chi connectivity index (χ4v) is 6.57. The van der Waals surface area contributed by atoms with E-state index in [1.807, 2.05) is 30.3 Å². The molecule has 1 aliphatic heterocycles.